The number of hydrogen-bond donors (Lipinski definition) is 0. The van der Waals surface area contributed by atoms with Crippen LogP contribution in [0.2, 0.25) is 5.02 Å². The Morgan fingerprint density at radius 2 is 2.03 bits per heavy atom. The van der Waals surface area contributed by atoms with Crippen molar-refractivity contribution in [2.45, 2.75) is 19.3 Å². The highest BCUT2D eigenvalue weighted by Crippen LogP contribution is 2.34. The number of hydrogen-bond acceptors (Lipinski definition) is 5. The minimum atomic E-state index is -0.918. The number of nitrogens with zero attached hydrogens (tertiary/aromatic N) is 4. The Balaban J connectivity index is 1.55. The Morgan fingerprint density at radius 1 is 1.19 bits per heavy atom. The predicted octanol–water partition coefficient (Wildman–Crippen LogP) is 4.44. The van der Waals surface area contributed by atoms with Gasteiger partial charge in [0, 0.05) is 37.2 Å². The molecule has 1 fully saturated rings. The summed E-state index contributed by atoms with van der Waals surface area (Å²) < 4.78 is 33.4. The predicted molar refractivity (Wildman–Crippen MR) is 115 cm³/mol. The number of benzene rings is 1. The highest BCUT2D eigenvalue weighted by molar-refractivity contribution is 6.30. The molecule has 0 saturated carbocycles. The van der Waals surface area contributed by atoms with Gasteiger partial charge >= 0.3 is 0 Å². The molecule has 9 heteroatoms. The highest BCUT2D eigenvalue weighted by atomic mass is 35.5. The smallest absolute Gasteiger partial charge is 0.255 e. The van der Waals surface area contributed by atoms with E-state index in [0.29, 0.717) is 53.8 Å². The van der Waals surface area contributed by atoms with E-state index in [4.69, 9.17) is 16.3 Å². The Bertz CT molecular complexity index is 1110. The number of ether oxygens (including phenoxy) is 1. The van der Waals surface area contributed by atoms with Crippen molar-refractivity contribution in [1.82, 2.24) is 20.1 Å². The lowest BCUT2D eigenvalue weighted by Crippen LogP contribution is -2.44. The van der Waals surface area contributed by atoms with E-state index in [2.05, 4.69) is 15.2 Å². The third kappa shape index (κ3) is 5.02. The molecule has 2 aromatic heterocycles. The first-order valence-electron chi connectivity index (χ1n) is 10.2. The molecular formula is C23H21ClF2N4O2. The van der Waals surface area contributed by atoms with Crippen molar-refractivity contribution in [1.29, 1.82) is 0 Å². The molecule has 2 atom stereocenters. The summed E-state index contributed by atoms with van der Waals surface area (Å²) in [7, 11) is 0. The molecule has 0 unspecified atom stereocenters. The maximum absolute atomic E-state index is 14.0. The second-order valence-electron chi connectivity index (χ2n) is 7.79. The average molecular weight is 459 g/mol. The number of piperidine rings is 1. The van der Waals surface area contributed by atoms with E-state index in [0.717, 1.165) is 6.07 Å². The molecule has 0 N–H and O–H groups in total. The van der Waals surface area contributed by atoms with Gasteiger partial charge < -0.3 is 9.64 Å². The zero-order chi connectivity index (χ0) is 22.7. The highest BCUT2D eigenvalue weighted by Gasteiger charge is 2.34. The van der Waals surface area contributed by atoms with Gasteiger partial charge in [0.15, 0.2) is 11.6 Å². The maximum atomic E-state index is 14.0. The van der Waals surface area contributed by atoms with Crippen LogP contribution in [0, 0.1) is 24.5 Å². The standard InChI is InChI=1S/C23H21ClF2N4O2/c1-14-8-17(10-28-29-14)23(31)30-7-6-16(13-32-22-5-3-18(24)11-27-22)19(12-30)15-2-4-20(25)21(26)9-15/h2-5,8-11,16,19H,6-7,12-13H2,1H3/t16-,19-/m1/s1. The number of amides is 1. The fourth-order valence-electron chi connectivity index (χ4n) is 3.92. The lowest BCUT2D eigenvalue weighted by molar-refractivity contribution is 0.0614. The molecule has 3 aromatic rings. The van der Waals surface area contributed by atoms with Crippen LogP contribution in [0.25, 0.3) is 0 Å². The number of halogens is 3. The molecule has 1 aliphatic rings. The SMILES string of the molecule is Cc1cc(C(=O)N2CC[C@H](COc3ccc(Cl)cn3)[C@@H](c3ccc(F)c(F)c3)C2)cnn1. The fraction of sp³-hybridized carbons (Fsp3) is 0.304. The van der Waals surface area contributed by atoms with E-state index in [1.165, 1.54) is 18.5 Å². The quantitative estimate of drug-likeness (QED) is 0.565. The van der Waals surface area contributed by atoms with Crippen molar-refractivity contribution in [3.8, 4) is 5.88 Å². The summed E-state index contributed by atoms with van der Waals surface area (Å²) in [6.45, 7) is 2.92. The van der Waals surface area contributed by atoms with Gasteiger partial charge in [-0.05, 0) is 43.2 Å². The summed E-state index contributed by atoms with van der Waals surface area (Å²) in [4.78, 5) is 18.9. The van der Waals surface area contributed by atoms with Crippen molar-refractivity contribution in [2.75, 3.05) is 19.7 Å². The van der Waals surface area contributed by atoms with E-state index in [-0.39, 0.29) is 17.7 Å². The second kappa shape index (κ2) is 9.56. The van der Waals surface area contributed by atoms with Gasteiger partial charge in [0.25, 0.3) is 5.91 Å². The summed E-state index contributed by atoms with van der Waals surface area (Å²) in [5.74, 6) is -1.85. The van der Waals surface area contributed by atoms with Crippen LogP contribution in [0.15, 0.2) is 48.8 Å². The normalized spacial score (nSPS) is 18.4. The minimum Gasteiger partial charge on any atom is -0.477 e. The van der Waals surface area contributed by atoms with Crippen LogP contribution >= 0.6 is 11.6 Å². The molecule has 166 valence electrons. The first kappa shape index (κ1) is 22.1. The topological polar surface area (TPSA) is 68.2 Å². The maximum Gasteiger partial charge on any atom is 0.255 e. The molecule has 32 heavy (non-hydrogen) atoms. The third-order valence-corrected chi connectivity index (χ3v) is 5.81. The summed E-state index contributed by atoms with van der Waals surface area (Å²) in [6, 6.07) is 8.90. The van der Waals surface area contributed by atoms with Gasteiger partial charge in [-0.3, -0.25) is 4.79 Å². The van der Waals surface area contributed by atoms with E-state index in [1.807, 2.05) is 0 Å². The first-order chi connectivity index (χ1) is 15.4. The van der Waals surface area contributed by atoms with Crippen LogP contribution in [0.4, 0.5) is 8.78 Å². The summed E-state index contributed by atoms with van der Waals surface area (Å²) >= 11 is 5.87. The lowest BCUT2D eigenvalue weighted by Gasteiger charge is -2.38. The Morgan fingerprint density at radius 3 is 2.75 bits per heavy atom. The zero-order valence-corrected chi connectivity index (χ0v) is 18.1. The van der Waals surface area contributed by atoms with Crippen molar-refractivity contribution in [3.63, 3.8) is 0 Å². The molecule has 1 aromatic carbocycles. The molecule has 0 aliphatic carbocycles. The summed E-state index contributed by atoms with van der Waals surface area (Å²) in [5.41, 5.74) is 1.71. The van der Waals surface area contributed by atoms with Crippen molar-refractivity contribution in [2.24, 2.45) is 5.92 Å². The van der Waals surface area contributed by atoms with E-state index >= 15 is 0 Å². The number of aryl methyl sites for hydroxylation is 1. The molecule has 0 bridgehead atoms. The second-order valence-corrected chi connectivity index (χ2v) is 8.23. The molecule has 4 rings (SSSR count). The van der Waals surface area contributed by atoms with Gasteiger partial charge in [-0.15, -0.1) is 0 Å². The molecule has 0 spiro atoms. The van der Waals surface area contributed by atoms with Gasteiger partial charge in [0.1, 0.15) is 0 Å². The van der Waals surface area contributed by atoms with Crippen LogP contribution in [-0.2, 0) is 0 Å². The van der Waals surface area contributed by atoms with Crippen LogP contribution in [0.5, 0.6) is 5.88 Å². The number of carbonyl (C=O) groups is 1. The molecule has 1 amide bonds. The van der Waals surface area contributed by atoms with Crippen LogP contribution in [0.3, 0.4) is 0 Å². The molecule has 1 saturated heterocycles. The molecule has 0 radical (unpaired) electrons. The third-order valence-electron chi connectivity index (χ3n) is 5.58. The largest absolute Gasteiger partial charge is 0.477 e. The average Bonchev–Trinajstić information content (AvgIpc) is 2.80. The van der Waals surface area contributed by atoms with Gasteiger partial charge in [0.05, 0.1) is 29.1 Å². The van der Waals surface area contributed by atoms with Crippen LogP contribution < -0.4 is 4.74 Å². The van der Waals surface area contributed by atoms with Crippen molar-refractivity contribution < 1.29 is 18.3 Å². The minimum absolute atomic E-state index is 0.0290. The first-order valence-corrected chi connectivity index (χ1v) is 10.6. The fourth-order valence-corrected chi connectivity index (χ4v) is 4.03. The summed E-state index contributed by atoms with van der Waals surface area (Å²) in [5, 5.41) is 8.25. The van der Waals surface area contributed by atoms with Crippen molar-refractivity contribution >= 4 is 17.5 Å². The van der Waals surface area contributed by atoms with Crippen LogP contribution in [-0.4, -0.2) is 45.7 Å². The van der Waals surface area contributed by atoms with Crippen LogP contribution in [0.1, 0.15) is 34.0 Å². The number of pyridine rings is 1. The lowest BCUT2D eigenvalue weighted by atomic mass is 9.81. The van der Waals surface area contributed by atoms with E-state index in [1.54, 1.807) is 36.1 Å². The number of rotatable bonds is 5. The molecule has 1 aliphatic heterocycles. The Hall–Kier alpha value is -3.13. The van der Waals surface area contributed by atoms with Gasteiger partial charge in [-0.2, -0.15) is 10.2 Å². The molecule has 6 nitrogen and oxygen atoms in total. The van der Waals surface area contributed by atoms with Gasteiger partial charge in [-0.25, -0.2) is 13.8 Å². The number of likely N-dealkylation sites (tertiary alicyclic amines) is 1. The molecule has 3 heterocycles. The number of aromatic nitrogens is 3. The van der Waals surface area contributed by atoms with E-state index in [9.17, 15) is 13.6 Å². The Labute approximate surface area is 189 Å². The van der Waals surface area contributed by atoms with Gasteiger partial charge in [-0.1, -0.05) is 17.7 Å². The Kier molecular flexibility index (Phi) is 6.60. The zero-order valence-electron chi connectivity index (χ0n) is 17.3. The van der Waals surface area contributed by atoms with E-state index < -0.39 is 11.6 Å². The number of carbonyl (C=O) groups excluding carboxylic acids is 1. The van der Waals surface area contributed by atoms with Crippen molar-refractivity contribution in [3.05, 3.63) is 82.3 Å². The van der Waals surface area contributed by atoms with Gasteiger partial charge in [0.2, 0.25) is 5.88 Å². The summed E-state index contributed by atoms with van der Waals surface area (Å²) in [6.07, 6.45) is 3.56. The monoisotopic (exact) mass is 458 g/mol. The molecular weight excluding hydrogens is 438 g/mol.